The van der Waals surface area contributed by atoms with Crippen molar-refractivity contribution in [1.29, 1.82) is 0 Å². The summed E-state index contributed by atoms with van der Waals surface area (Å²) in [5, 5.41) is 13.6. The SMILES string of the molecule is CC(C)Oc1cc(-c2ccc(CCNC[C@H](O)c3cccc(N)c3)cc2)ccc1C(=O)NS(C)(=O)=O.Cl.Cl. The number of sulfonamides is 1. The Morgan fingerprint density at radius 3 is 2.26 bits per heavy atom. The van der Waals surface area contributed by atoms with Gasteiger partial charge in [-0.25, -0.2) is 13.1 Å². The maximum Gasteiger partial charge on any atom is 0.268 e. The normalized spacial score (nSPS) is 11.7. The van der Waals surface area contributed by atoms with Gasteiger partial charge in [0.25, 0.3) is 5.91 Å². The summed E-state index contributed by atoms with van der Waals surface area (Å²) in [6.45, 7) is 4.80. The zero-order chi connectivity index (χ0) is 26.3. The van der Waals surface area contributed by atoms with Gasteiger partial charge in [0.1, 0.15) is 5.75 Å². The Hall–Kier alpha value is -2.82. The molecule has 5 N–H and O–H groups in total. The second kappa shape index (κ2) is 14.9. The number of aliphatic hydroxyl groups excluding tert-OH is 1. The summed E-state index contributed by atoms with van der Waals surface area (Å²) in [6, 6.07) is 20.3. The van der Waals surface area contributed by atoms with Gasteiger partial charge in [-0.2, -0.15) is 0 Å². The Kier molecular flexibility index (Phi) is 13.1. The highest BCUT2D eigenvalue weighted by Gasteiger charge is 2.18. The average molecular weight is 585 g/mol. The molecule has 1 atom stereocenters. The summed E-state index contributed by atoms with van der Waals surface area (Å²) < 4.78 is 30.7. The van der Waals surface area contributed by atoms with Crippen molar-refractivity contribution < 1.29 is 23.1 Å². The van der Waals surface area contributed by atoms with Crippen LogP contribution in [-0.4, -0.2) is 44.9 Å². The van der Waals surface area contributed by atoms with Crippen molar-refractivity contribution in [3.63, 3.8) is 0 Å². The van der Waals surface area contributed by atoms with Gasteiger partial charge >= 0.3 is 0 Å². The fourth-order valence-electron chi connectivity index (χ4n) is 3.68. The number of nitrogen functional groups attached to an aromatic ring is 1. The van der Waals surface area contributed by atoms with Crippen LogP contribution in [0, 0.1) is 0 Å². The summed E-state index contributed by atoms with van der Waals surface area (Å²) in [5.41, 5.74) is 10.3. The van der Waals surface area contributed by atoms with Gasteiger partial charge in [0.15, 0.2) is 0 Å². The Morgan fingerprint density at radius 1 is 1.00 bits per heavy atom. The van der Waals surface area contributed by atoms with Crippen molar-refractivity contribution in [2.45, 2.75) is 32.5 Å². The summed E-state index contributed by atoms with van der Waals surface area (Å²) in [4.78, 5) is 12.4. The highest BCUT2D eigenvalue weighted by Crippen LogP contribution is 2.29. The number of carbonyl (C=O) groups is 1. The molecule has 3 aromatic carbocycles. The number of ether oxygens (including phenoxy) is 1. The fourth-order valence-corrected chi connectivity index (χ4v) is 4.13. The number of aliphatic hydroxyl groups is 1. The molecule has 11 heteroatoms. The van der Waals surface area contributed by atoms with Crippen molar-refractivity contribution in [3.05, 3.63) is 83.4 Å². The van der Waals surface area contributed by atoms with E-state index < -0.39 is 22.0 Å². The standard InChI is InChI=1S/C27H33N3O5S.2ClH/c1-18(2)35-26-16-21(11-12-24(26)27(32)30-36(3,33)34)20-9-7-19(8-10-20)13-14-29-17-25(31)22-5-4-6-23(28)15-22;;/h4-12,15-16,18,25,29,31H,13-14,17,28H2,1-3H3,(H,30,32);2*1H/t25-;;/m0../s1. The molecule has 208 valence electrons. The van der Waals surface area contributed by atoms with E-state index in [1.54, 1.807) is 30.3 Å². The van der Waals surface area contributed by atoms with E-state index >= 15 is 0 Å². The Labute approximate surface area is 236 Å². The number of anilines is 1. The van der Waals surface area contributed by atoms with Crippen LogP contribution in [0.15, 0.2) is 66.7 Å². The molecule has 0 bridgehead atoms. The molecule has 0 aliphatic heterocycles. The molecule has 0 aromatic heterocycles. The van der Waals surface area contributed by atoms with Gasteiger partial charge in [-0.05, 0) is 73.3 Å². The maximum atomic E-state index is 12.4. The lowest BCUT2D eigenvalue weighted by Crippen LogP contribution is -2.30. The molecular weight excluding hydrogens is 549 g/mol. The van der Waals surface area contributed by atoms with E-state index in [2.05, 4.69) is 5.32 Å². The number of rotatable bonds is 11. The zero-order valence-corrected chi connectivity index (χ0v) is 24.0. The number of hydrogen-bond acceptors (Lipinski definition) is 7. The quantitative estimate of drug-likeness (QED) is 0.197. The Balaban J connectivity index is 0.00000361. The third kappa shape index (κ3) is 10.2. The predicted molar refractivity (Wildman–Crippen MR) is 157 cm³/mol. The topological polar surface area (TPSA) is 131 Å². The van der Waals surface area contributed by atoms with Gasteiger partial charge in [-0.15, -0.1) is 24.8 Å². The minimum atomic E-state index is -3.69. The molecule has 0 spiro atoms. The number of hydrogen-bond donors (Lipinski definition) is 4. The second-order valence-electron chi connectivity index (χ2n) is 8.92. The molecule has 0 aliphatic carbocycles. The number of amides is 1. The van der Waals surface area contributed by atoms with Gasteiger partial charge in [-0.1, -0.05) is 42.5 Å². The molecule has 0 aliphatic rings. The minimum Gasteiger partial charge on any atom is -0.490 e. The van der Waals surface area contributed by atoms with Crippen LogP contribution in [0.4, 0.5) is 5.69 Å². The molecule has 38 heavy (non-hydrogen) atoms. The average Bonchev–Trinajstić information content (AvgIpc) is 2.80. The van der Waals surface area contributed by atoms with Crippen LogP contribution in [0.5, 0.6) is 5.75 Å². The Bertz CT molecular complexity index is 1300. The first kappa shape index (κ1) is 33.2. The van der Waals surface area contributed by atoms with Crippen molar-refractivity contribution in [1.82, 2.24) is 10.0 Å². The number of carbonyl (C=O) groups excluding carboxylic acids is 1. The second-order valence-corrected chi connectivity index (χ2v) is 10.7. The van der Waals surface area contributed by atoms with Crippen molar-refractivity contribution in [2.75, 3.05) is 25.1 Å². The molecule has 0 saturated heterocycles. The van der Waals surface area contributed by atoms with Gasteiger partial charge in [0.05, 0.1) is 24.0 Å². The van der Waals surface area contributed by atoms with Gasteiger partial charge in [0, 0.05) is 12.2 Å². The lowest BCUT2D eigenvalue weighted by Gasteiger charge is -2.16. The number of nitrogens with one attached hydrogen (secondary N) is 2. The Morgan fingerprint density at radius 2 is 1.66 bits per heavy atom. The molecule has 0 heterocycles. The van der Waals surface area contributed by atoms with Crippen molar-refractivity contribution >= 4 is 46.4 Å². The van der Waals surface area contributed by atoms with Crippen LogP contribution in [-0.2, 0) is 16.4 Å². The largest absolute Gasteiger partial charge is 0.490 e. The molecule has 3 aromatic rings. The van der Waals surface area contributed by atoms with E-state index in [4.69, 9.17) is 10.5 Å². The third-order valence-corrected chi connectivity index (χ3v) is 5.93. The zero-order valence-electron chi connectivity index (χ0n) is 21.5. The van der Waals surface area contributed by atoms with Crippen molar-refractivity contribution in [3.8, 4) is 16.9 Å². The van der Waals surface area contributed by atoms with Crippen LogP contribution >= 0.6 is 24.8 Å². The predicted octanol–water partition coefficient (Wildman–Crippen LogP) is 4.12. The first-order valence-electron chi connectivity index (χ1n) is 11.7. The van der Waals surface area contributed by atoms with Crippen LogP contribution in [0.3, 0.4) is 0 Å². The van der Waals surface area contributed by atoms with E-state index in [-0.39, 0.29) is 36.5 Å². The maximum absolute atomic E-state index is 12.4. The lowest BCUT2D eigenvalue weighted by molar-refractivity contribution is 0.0976. The highest BCUT2D eigenvalue weighted by molar-refractivity contribution is 7.89. The molecule has 8 nitrogen and oxygen atoms in total. The van der Waals surface area contributed by atoms with E-state index in [1.807, 2.05) is 55.0 Å². The summed E-state index contributed by atoms with van der Waals surface area (Å²) >= 11 is 0. The molecule has 0 radical (unpaired) electrons. The molecule has 0 saturated carbocycles. The van der Waals surface area contributed by atoms with Crippen molar-refractivity contribution in [2.24, 2.45) is 0 Å². The fraction of sp³-hybridized carbons (Fsp3) is 0.296. The molecule has 0 unspecified atom stereocenters. The van der Waals surface area contributed by atoms with Crippen LogP contribution in [0.1, 0.15) is 41.4 Å². The minimum absolute atomic E-state index is 0. The van der Waals surface area contributed by atoms with Crippen LogP contribution < -0.4 is 20.5 Å². The molecule has 3 rings (SSSR count). The van der Waals surface area contributed by atoms with Crippen LogP contribution in [0.25, 0.3) is 11.1 Å². The molecule has 1 amide bonds. The van der Waals surface area contributed by atoms with Gasteiger partial charge < -0.3 is 20.9 Å². The van der Waals surface area contributed by atoms with E-state index in [9.17, 15) is 18.3 Å². The first-order valence-corrected chi connectivity index (χ1v) is 13.6. The monoisotopic (exact) mass is 583 g/mol. The van der Waals surface area contributed by atoms with E-state index in [0.29, 0.717) is 24.5 Å². The summed E-state index contributed by atoms with van der Waals surface area (Å²) in [7, 11) is -3.69. The van der Waals surface area contributed by atoms with Gasteiger partial charge in [0.2, 0.25) is 10.0 Å². The number of benzene rings is 3. The first-order chi connectivity index (χ1) is 17.0. The van der Waals surface area contributed by atoms with E-state index in [0.717, 1.165) is 34.9 Å². The third-order valence-electron chi connectivity index (χ3n) is 5.38. The van der Waals surface area contributed by atoms with E-state index in [1.165, 1.54) is 0 Å². The number of nitrogens with two attached hydrogens (primary N) is 1. The lowest BCUT2D eigenvalue weighted by atomic mass is 10.0. The molecule has 0 fully saturated rings. The number of halogens is 2. The van der Waals surface area contributed by atoms with Crippen LogP contribution in [0.2, 0.25) is 0 Å². The summed E-state index contributed by atoms with van der Waals surface area (Å²) in [6.07, 6.45) is 0.898. The summed E-state index contributed by atoms with van der Waals surface area (Å²) in [5.74, 6) is -0.418. The highest BCUT2D eigenvalue weighted by atomic mass is 35.5. The molecular formula is C27H35Cl2N3O5S. The van der Waals surface area contributed by atoms with Gasteiger partial charge in [-0.3, -0.25) is 4.79 Å². The smallest absolute Gasteiger partial charge is 0.268 e.